The number of ether oxygens (including phenoxy) is 1. The molecule has 0 N–H and O–H groups in total. The van der Waals surface area contributed by atoms with E-state index in [9.17, 15) is 14.0 Å². The van der Waals surface area contributed by atoms with Gasteiger partial charge in [0, 0.05) is 11.6 Å². The summed E-state index contributed by atoms with van der Waals surface area (Å²) < 4.78 is 19.7. The molecule has 0 spiro atoms. The number of benzene rings is 1. The van der Waals surface area contributed by atoms with Gasteiger partial charge in [0.1, 0.15) is 17.7 Å². The monoisotopic (exact) mass is 426 g/mol. The quantitative estimate of drug-likeness (QED) is 0.674. The summed E-state index contributed by atoms with van der Waals surface area (Å²) in [6.45, 7) is 1.91. The Morgan fingerprint density at radius 3 is 2.67 bits per heavy atom. The number of anilines is 1. The fourth-order valence-corrected chi connectivity index (χ4v) is 4.98. The zero-order chi connectivity index (χ0) is 21.0. The summed E-state index contributed by atoms with van der Waals surface area (Å²) in [5.74, 6) is -0.742. The maximum Gasteiger partial charge on any atom is 0.295 e. The first kappa shape index (κ1) is 19.2. The molecule has 1 aromatic carbocycles. The third-order valence-corrected chi connectivity index (χ3v) is 6.51. The van der Waals surface area contributed by atoms with E-state index in [1.807, 2.05) is 13.0 Å². The normalized spacial score (nSPS) is 28.3. The number of alkyl halides is 1. The molecule has 5 nitrogen and oxygen atoms in total. The molecule has 7 heteroatoms. The fraction of sp³-hybridized carbons (Fsp3) is 0.348. The summed E-state index contributed by atoms with van der Waals surface area (Å²) in [5, 5.41) is -0.0862. The van der Waals surface area contributed by atoms with Crippen LogP contribution in [0, 0.1) is 18.7 Å². The van der Waals surface area contributed by atoms with Gasteiger partial charge in [0.05, 0.1) is 17.5 Å². The van der Waals surface area contributed by atoms with Crippen molar-refractivity contribution >= 4 is 29.1 Å². The summed E-state index contributed by atoms with van der Waals surface area (Å²) in [4.78, 5) is 32.8. The molecule has 0 bridgehead atoms. The number of ketones is 1. The summed E-state index contributed by atoms with van der Waals surface area (Å²) in [7, 11) is 0. The number of aryl methyl sites for hydroxylation is 1. The average Bonchev–Trinajstić information content (AvgIpc) is 3.02. The third-order valence-electron chi connectivity index (χ3n) is 6.12. The summed E-state index contributed by atoms with van der Waals surface area (Å²) in [6.07, 6.45) is 3.19. The van der Waals surface area contributed by atoms with Crippen LogP contribution in [0.1, 0.15) is 36.4 Å². The number of amides is 1. The van der Waals surface area contributed by atoms with Crippen molar-refractivity contribution in [1.82, 2.24) is 4.98 Å². The van der Waals surface area contributed by atoms with Gasteiger partial charge in [0.2, 0.25) is 0 Å². The molecule has 2 aromatic rings. The Balaban J connectivity index is 1.65. The van der Waals surface area contributed by atoms with Crippen LogP contribution in [0.5, 0.6) is 0 Å². The zero-order valence-electron chi connectivity index (χ0n) is 16.3. The maximum atomic E-state index is 13.6. The molecule has 4 unspecified atom stereocenters. The molecular formula is C23H20ClFN2O3. The van der Waals surface area contributed by atoms with Crippen molar-refractivity contribution in [3.05, 3.63) is 70.9 Å². The highest BCUT2D eigenvalue weighted by Crippen LogP contribution is 2.48. The highest BCUT2D eigenvalue weighted by atomic mass is 35.5. The summed E-state index contributed by atoms with van der Waals surface area (Å²) in [6, 6.07) is 8.75. The number of nitrogens with zero attached hydrogens (tertiary/aromatic N) is 2. The largest absolute Gasteiger partial charge is 0.483 e. The third kappa shape index (κ3) is 3.01. The van der Waals surface area contributed by atoms with Crippen molar-refractivity contribution in [3.63, 3.8) is 0 Å². The highest BCUT2D eigenvalue weighted by molar-refractivity contribution is 6.21. The van der Waals surface area contributed by atoms with Crippen molar-refractivity contribution in [1.29, 1.82) is 0 Å². The van der Waals surface area contributed by atoms with Gasteiger partial charge in [-0.1, -0.05) is 12.1 Å². The molecule has 30 heavy (non-hydrogen) atoms. The Morgan fingerprint density at radius 1 is 1.17 bits per heavy atom. The maximum absolute atomic E-state index is 13.6. The number of fused-ring (bicyclic) bond motifs is 1. The number of rotatable bonds is 2. The first-order valence-corrected chi connectivity index (χ1v) is 10.5. The van der Waals surface area contributed by atoms with E-state index < -0.39 is 11.9 Å². The Kier molecular flexibility index (Phi) is 4.62. The van der Waals surface area contributed by atoms with Crippen LogP contribution in [0.2, 0.25) is 0 Å². The molecule has 1 amide bonds. The van der Waals surface area contributed by atoms with Crippen molar-refractivity contribution in [2.45, 2.75) is 43.7 Å². The van der Waals surface area contributed by atoms with E-state index in [-0.39, 0.29) is 34.8 Å². The number of halogens is 2. The number of Topliss-reactive ketones (excluding diaryl/α,β-unsaturated/α-hetero) is 1. The molecule has 1 saturated carbocycles. The molecule has 1 aromatic heterocycles. The molecular weight excluding hydrogens is 407 g/mol. The van der Waals surface area contributed by atoms with Crippen LogP contribution in [0.4, 0.5) is 10.2 Å². The molecule has 3 aliphatic rings. The average molecular weight is 427 g/mol. The Bertz CT molecular complexity index is 1070. The molecule has 0 radical (unpaired) electrons. The minimum Gasteiger partial charge on any atom is -0.483 e. The Labute approximate surface area is 178 Å². The minimum atomic E-state index is -0.716. The lowest BCUT2D eigenvalue weighted by molar-refractivity contribution is -0.131. The van der Waals surface area contributed by atoms with Crippen LogP contribution in [0.3, 0.4) is 0 Å². The van der Waals surface area contributed by atoms with Crippen LogP contribution in [-0.4, -0.2) is 28.2 Å². The molecule has 1 aliphatic carbocycles. The number of hydrogen-bond acceptors (Lipinski definition) is 4. The molecule has 3 heterocycles. The van der Waals surface area contributed by atoms with Gasteiger partial charge in [-0.15, -0.1) is 11.6 Å². The van der Waals surface area contributed by atoms with E-state index >= 15 is 0 Å². The molecule has 1 fully saturated rings. The van der Waals surface area contributed by atoms with Crippen LogP contribution in [0.15, 0.2) is 53.9 Å². The van der Waals surface area contributed by atoms with Crippen LogP contribution in [0.25, 0.3) is 0 Å². The van der Waals surface area contributed by atoms with Crippen molar-refractivity contribution in [2.75, 3.05) is 4.90 Å². The lowest BCUT2D eigenvalue weighted by Crippen LogP contribution is -2.41. The standard InChI is InChI=1S/C23H20ClFN2O3/c1-12-8-9-26-18(10-12)27-20(13-2-5-15(25)6-3-13)19-21(28)16-11-14(24)4-7-17(16)30-22(19)23(27)29/h2-3,5-6,8-10,14,16-17,20H,4,7,11H2,1H3. The van der Waals surface area contributed by atoms with E-state index in [0.29, 0.717) is 29.8 Å². The predicted molar refractivity (Wildman–Crippen MR) is 109 cm³/mol. The Morgan fingerprint density at radius 2 is 1.93 bits per heavy atom. The number of carbonyl (C=O) groups excluding carboxylic acids is 2. The van der Waals surface area contributed by atoms with Crippen LogP contribution < -0.4 is 4.90 Å². The first-order valence-electron chi connectivity index (χ1n) is 10.0. The second-order valence-corrected chi connectivity index (χ2v) is 8.72. The van der Waals surface area contributed by atoms with E-state index in [2.05, 4.69) is 4.98 Å². The molecule has 5 rings (SSSR count). The second kappa shape index (κ2) is 7.20. The number of hydrogen-bond donors (Lipinski definition) is 0. The van der Waals surface area contributed by atoms with E-state index in [1.165, 1.54) is 17.0 Å². The van der Waals surface area contributed by atoms with Gasteiger partial charge in [-0.25, -0.2) is 9.37 Å². The smallest absolute Gasteiger partial charge is 0.295 e. The lowest BCUT2D eigenvalue weighted by atomic mass is 9.77. The van der Waals surface area contributed by atoms with Gasteiger partial charge in [-0.3, -0.25) is 14.5 Å². The topological polar surface area (TPSA) is 59.5 Å². The van der Waals surface area contributed by atoms with Gasteiger partial charge < -0.3 is 4.74 Å². The van der Waals surface area contributed by atoms with Gasteiger partial charge in [0.25, 0.3) is 5.91 Å². The first-order chi connectivity index (χ1) is 14.4. The van der Waals surface area contributed by atoms with Gasteiger partial charge in [0.15, 0.2) is 11.5 Å². The van der Waals surface area contributed by atoms with Crippen molar-refractivity contribution < 1.29 is 18.7 Å². The van der Waals surface area contributed by atoms with Crippen molar-refractivity contribution in [2.24, 2.45) is 5.92 Å². The SMILES string of the molecule is Cc1ccnc(N2C(=O)C3=C(C(=O)C4CC(Cl)CCC4O3)C2c2ccc(F)cc2)c1. The molecule has 0 saturated heterocycles. The predicted octanol–water partition coefficient (Wildman–Crippen LogP) is 4.25. The number of carbonyl (C=O) groups is 2. The second-order valence-electron chi connectivity index (χ2n) is 8.10. The van der Waals surface area contributed by atoms with E-state index in [4.69, 9.17) is 16.3 Å². The van der Waals surface area contributed by atoms with Gasteiger partial charge >= 0.3 is 0 Å². The zero-order valence-corrected chi connectivity index (χ0v) is 17.1. The number of pyridine rings is 1. The highest BCUT2D eigenvalue weighted by Gasteiger charge is 2.53. The molecule has 2 aliphatic heterocycles. The van der Waals surface area contributed by atoms with Crippen molar-refractivity contribution in [3.8, 4) is 0 Å². The van der Waals surface area contributed by atoms with Gasteiger partial charge in [-0.05, 0) is 61.6 Å². The number of aromatic nitrogens is 1. The van der Waals surface area contributed by atoms with E-state index in [1.54, 1.807) is 24.4 Å². The molecule has 4 atom stereocenters. The lowest BCUT2D eigenvalue weighted by Gasteiger charge is -2.37. The minimum absolute atomic E-state index is 0.0862. The molecule has 154 valence electrons. The summed E-state index contributed by atoms with van der Waals surface area (Å²) in [5.41, 5.74) is 1.88. The van der Waals surface area contributed by atoms with Crippen LogP contribution in [-0.2, 0) is 14.3 Å². The fourth-order valence-electron chi connectivity index (χ4n) is 4.66. The van der Waals surface area contributed by atoms with Crippen LogP contribution >= 0.6 is 11.6 Å². The van der Waals surface area contributed by atoms with E-state index in [0.717, 1.165) is 12.0 Å². The summed E-state index contributed by atoms with van der Waals surface area (Å²) >= 11 is 6.33. The Hall–Kier alpha value is -2.73. The van der Waals surface area contributed by atoms with Gasteiger partial charge in [-0.2, -0.15) is 0 Å².